The third-order valence-electron chi connectivity index (χ3n) is 2.95. The zero-order valence-electron chi connectivity index (χ0n) is 9.29. The molecular formula is C10H16N2O2S. The molecule has 5 heteroatoms. The van der Waals surface area contributed by atoms with Crippen molar-refractivity contribution in [2.75, 3.05) is 7.05 Å². The average Bonchev–Trinajstić information content (AvgIpc) is 2.21. The molecule has 0 radical (unpaired) electrons. The summed E-state index contributed by atoms with van der Waals surface area (Å²) in [5, 5.41) is 2.35. The van der Waals surface area contributed by atoms with Gasteiger partial charge in [-0.2, -0.15) is 0 Å². The Hall–Kier alpha value is -0.970. The van der Waals surface area contributed by atoms with Crippen LogP contribution < -0.4 is 5.32 Å². The highest BCUT2D eigenvalue weighted by Crippen LogP contribution is 2.34. The number of hydrogen-bond acceptors (Lipinski definition) is 3. The number of hydrogen-bond donors (Lipinski definition) is 1. The Kier molecular flexibility index (Phi) is 3.44. The van der Waals surface area contributed by atoms with Crippen LogP contribution in [0.5, 0.6) is 0 Å². The second-order valence-electron chi connectivity index (χ2n) is 3.81. The summed E-state index contributed by atoms with van der Waals surface area (Å²) in [5.74, 6) is -0.250. The Morgan fingerprint density at radius 2 is 2.00 bits per heavy atom. The lowest BCUT2D eigenvalue weighted by atomic mass is 9.78. The molecule has 1 saturated heterocycles. The van der Waals surface area contributed by atoms with Gasteiger partial charge in [-0.1, -0.05) is 32.5 Å². The maximum atomic E-state index is 11.9. The number of carbonyl (C=O) groups is 2. The molecule has 0 aromatic heterocycles. The summed E-state index contributed by atoms with van der Waals surface area (Å²) < 4.78 is 0. The van der Waals surface area contributed by atoms with E-state index < -0.39 is 11.4 Å². The highest BCUT2D eigenvalue weighted by atomic mass is 32.1. The van der Waals surface area contributed by atoms with E-state index >= 15 is 0 Å². The first-order valence-electron chi connectivity index (χ1n) is 5.13. The zero-order valence-corrected chi connectivity index (χ0v) is 10.1. The van der Waals surface area contributed by atoms with E-state index in [1.165, 1.54) is 4.90 Å². The molecule has 15 heavy (non-hydrogen) atoms. The topological polar surface area (TPSA) is 49.4 Å². The van der Waals surface area contributed by atoms with E-state index in [0.717, 1.165) is 6.42 Å². The fourth-order valence-electron chi connectivity index (χ4n) is 1.95. The van der Waals surface area contributed by atoms with Crippen molar-refractivity contribution in [2.45, 2.75) is 33.1 Å². The van der Waals surface area contributed by atoms with Gasteiger partial charge < -0.3 is 0 Å². The van der Waals surface area contributed by atoms with E-state index in [9.17, 15) is 9.59 Å². The normalized spacial score (nSPS) is 26.9. The van der Waals surface area contributed by atoms with Crippen molar-refractivity contribution >= 4 is 29.1 Å². The van der Waals surface area contributed by atoms with Crippen molar-refractivity contribution in [3.05, 3.63) is 0 Å². The lowest BCUT2D eigenvalue weighted by Crippen LogP contribution is -2.61. The molecule has 1 aliphatic heterocycles. The molecule has 1 atom stereocenters. The Balaban J connectivity index is 3.09. The van der Waals surface area contributed by atoms with Crippen LogP contribution in [0.4, 0.5) is 4.79 Å². The lowest BCUT2D eigenvalue weighted by molar-refractivity contribution is -0.128. The first-order chi connectivity index (χ1) is 6.99. The third kappa shape index (κ3) is 1.76. The highest BCUT2D eigenvalue weighted by molar-refractivity contribution is 7.80. The van der Waals surface area contributed by atoms with Gasteiger partial charge in [-0.05, 0) is 12.8 Å². The van der Waals surface area contributed by atoms with Crippen LogP contribution in [-0.2, 0) is 4.79 Å². The van der Waals surface area contributed by atoms with Crippen LogP contribution in [0.3, 0.4) is 0 Å². The molecule has 1 rings (SSSR count). The van der Waals surface area contributed by atoms with Crippen molar-refractivity contribution in [3.8, 4) is 0 Å². The first kappa shape index (κ1) is 12.1. The zero-order chi connectivity index (χ0) is 11.6. The summed E-state index contributed by atoms with van der Waals surface area (Å²) >= 11 is 5.22. The second-order valence-corrected chi connectivity index (χ2v) is 4.20. The number of thiocarbonyl (C=S) groups is 1. The average molecular weight is 228 g/mol. The standard InChI is InChI=1S/C10H16N2O2S/c1-4-6-10(5-2)7(13)11-9(14)12(3)8(10)15/h4-6H2,1-3H3,(H,11,13,14)/t10-/m0/s1. The smallest absolute Gasteiger partial charge is 0.290 e. The molecule has 0 spiro atoms. The molecule has 1 fully saturated rings. The summed E-state index contributed by atoms with van der Waals surface area (Å²) in [6.45, 7) is 3.93. The minimum atomic E-state index is -0.674. The van der Waals surface area contributed by atoms with Crippen LogP contribution in [0.15, 0.2) is 0 Å². The molecule has 1 N–H and O–H groups in total. The van der Waals surface area contributed by atoms with E-state index in [4.69, 9.17) is 12.2 Å². The molecule has 1 heterocycles. The Morgan fingerprint density at radius 3 is 2.47 bits per heavy atom. The monoisotopic (exact) mass is 228 g/mol. The number of imide groups is 1. The quantitative estimate of drug-likeness (QED) is 0.748. The highest BCUT2D eigenvalue weighted by Gasteiger charge is 2.47. The predicted molar refractivity (Wildman–Crippen MR) is 61.5 cm³/mol. The van der Waals surface area contributed by atoms with Gasteiger partial charge in [0, 0.05) is 7.05 Å². The van der Waals surface area contributed by atoms with Gasteiger partial charge in [-0.15, -0.1) is 0 Å². The van der Waals surface area contributed by atoms with E-state index in [1.807, 2.05) is 13.8 Å². The van der Waals surface area contributed by atoms with Crippen molar-refractivity contribution < 1.29 is 9.59 Å². The van der Waals surface area contributed by atoms with E-state index in [-0.39, 0.29) is 5.91 Å². The molecule has 0 unspecified atom stereocenters. The fourth-order valence-corrected chi connectivity index (χ4v) is 2.37. The number of nitrogens with one attached hydrogen (secondary N) is 1. The molecular weight excluding hydrogens is 212 g/mol. The second kappa shape index (κ2) is 4.26. The van der Waals surface area contributed by atoms with Crippen LogP contribution in [0.2, 0.25) is 0 Å². The SMILES string of the molecule is CCC[C@@]1(CC)C(=O)NC(=O)N(C)C1=S. The van der Waals surface area contributed by atoms with Gasteiger partial charge in [0.15, 0.2) is 0 Å². The van der Waals surface area contributed by atoms with Crippen LogP contribution in [0.25, 0.3) is 0 Å². The minimum absolute atomic E-state index is 0.250. The minimum Gasteiger partial charge on any atom is -0.290 e. The summed E-state index contributed by atoms with van der Waals surface area (Å²) in [6.07, 6.45) is 2.18. The van der Waals surface area contributed by atoms with Gasteiger partial charge in [-0.25, -0.2) is 4.79 Å². The van der Waals surface area contributed by atoms with Crippen LogP contribution in [0.1, 0.15) is 33.1 Å². The molecule has 0 aromatic rings. The van der Waals surface area contributed by atoms with E-state index in [0.29, 0.717) is 17.8 Å². The van der Waals surface area contributed by atoms with E-state index in [2.05, 4.69) is 5.32 Å². The number of nitrogens with zero attached hydrogens (tertiary/aromatic N) is 1. The summed E-state index contributed by atoms with van der Waals surface area (Å²) in [4.78, 5) is 25.0. The lowest BCUT2D eigenvalue weighted by Gasteiger charge is -2.39. The maximum Gasteiger partial charge on any atom is 0.328 e. The molecule has 84 valence electrons. The summed E-state index contributed by atoms with van der Waals surface area (Å²) in [7, 11) is 1.60. The number of rotatable bonds is 3. The van der Waals surface area contributed by atoms with Crippen LogP contribution >= 0.6 is 12.2 Å². The van der Waals surface area contributed by atoms with Crippen molar-refractivity contribution in [2.24, 2.45) is 5.41 Å². The molecule has 4 nitrogen and oxygen atoms in total. The fraction of sp³-hybridized carbons (Fsp3) is 0.700. The number of amides is 3. The molecule has 0 bridgehead atoms. The van der Waals surface area contributed by atoms with Crippen LogP contribution in [-0.4, -0.2) is 28.9 Å². The number of carbonyl (C=O) groups excluding carboxylic acids is 2. The first-order valence-corrected chi connectivity index (χ1v) is 5.54. The molecule has 3 amide bonds. The van der Waals surface area contributed by atoms with Crippen molar-refractivity contribution in [3.63, 3.8) is 0 Å². The molecule has 1 aliphatic rings. The van der Waals surface area contributed by atoms with Gasteiger partial charge in [0.25, 0.3) is 0 Å². The predicted octanol–water partition coefficient (Wildman–Crippen LogP) is 1.69. The maximum absolute atomic E-state index is 11.9. The van der Waals surface area contributed by atoms with Crippen molar-refractivity contribution in [1.29, 1.82) is 0 Å². The van der Waals surface area contributed by atoms with Gasteiger partial charge in [0.05, 0.1) is 0 Å². The van der Waals surface area contributed by atoms with Gasteiger partial charge in [0.1, 0.15) is 10.4 Å². The Bertz CT molecular complexity index is 317. The Morgan fingerprint density at radius 1 is 1.40 bits per heavy atom. The third-order valence-corrected chi connectivity index (χ3v) is 3.62. The summed E-state index contributed by atoms with van der Waals surface area (Å²) in [6, 6.07) is -0.426. The van der Waals surface area contributed by atoms with Crippen LogP contribution in [0, 0.1) is 5.41 Å². The van der Waals surface area contributed by atoms with Gasteiger partial charge in [-0.3, -0.25) is 15.0 Å². The van der Waals surface area contributed by atoms with Gasteiger partial charge >= 0.3 is 6.03 Å². The molecule has 0 aliphatic carbocycles. The van der Waals surface area contributed by atoms with Gasteiger partial charge in [0.2, 0.25) is 5.91 Å². The van der Waals surface area contributed by atoms with E-state index in [1.54, 1.807) is 7.05 Å². The Labute approximate surface area is 95.0 Å². The molecule has 0 saturated carbocycles. The largest absolute Gasteiger partial charge is 0.328 e. The molecule has 0 aromatic carbocycles. The number of urea groups is 1. The summed E-state index contributed by atoms with van der Waals surface area (Å²) in [5.41, 5.74) is -0.674. The van der Waals surface area contributed by atoms with Crippen molar-refractivity contribution in [1.82, 2.24) is 10.2 Å².